The minimum absolute atomic E-state index is 0.141. The Morgan fingerprint density at radius 3 is 2.45 bits per heavy atom. The Balaban J connectivity index is 1.79. The second-order valence-corrected chi connectivity index (χ2v) is 7.17. The number of carbonyl (C=O) groups is 2. The van der Waals surface area contributed by atoms with Gasteiger partial charge in [0.1, 0.15) is 16.1 Å². The molecule has 1 aromatic carbocycles. The smallest absolute Gasteiger partial charge is 0.335 e. The number of hydrogen-bond acceptors (Lipinski definition) is 7. The van der Waals surface area contributed by atoms with Gasteiger partial charge in [0, 0.05) is 12.4 Å². The van der Waals surface area contributed by atoms with Crippen LogP contribution in [0.2, 0.25) is 0 Å². The van der Waals surface area contributed by atoms with Crippen molar-refractivity contribution in [2.75, 3.05) is 5.73 Å². The summed E-state index contributed by atoms with van der Waals surface area (Å²) in [6, 6.07) is 7.75. The molecule has 10 heteroatoms. The van der Waals surface area contributed by atoms with Gasteiger partial charge in [-0.1, -0.05) is 12.1 Å². The summed E-state index contributed by atoms with van der Waals surface area (Å²) in [7, 11) is 0. The number of thiazole rings is 1. The number of aromatic carboxylic acids is 1. The predicted octanol–water partition coefficient (Wildman–Crippen LogP) is 2.09. The predicted molar refractivity (Wildman–Crippen MR) is 109 cm³/mol. The summed E-state index contributed by atoms with van der Waals surface area (Å²) in [6.45, 7) is 0. The molecule has 0 bridgehead atoms. The fourth-order valence-corrected chi connectivity index (χ4v) is 3.83. The summed E-state index contributed by atoms with van der Waals surface area (Å²) >= 11 is 1.24. The molecule has 9 nitrogen and oxygen atoms in total. The van der Waals surface area contributed by atoms with Crippen molar-refractivity contribution in [3.8, 4) is 21.0 Å². The minimum atomic E-state index is -1.01. The number of nitrogens with zero attached hydrogens (tertiary/aromatic N) is 2. The van der Waals surface area contributed by atoms with Gasteiger partial charge in [-0.2, -0.15) is 0 Å². The molecule has 3 aromatic heterocycles. The molecule has 6 N–H and O–H groups in total. The monoisotopic (exact) mass is 407 g/mol. The SMILES string of the molecule is NC(=O)c1cnc2c(N)c(-c3ncc(-c4ccc(C(=O)O)cc4)s3)c(=O)[nH]c2c1. The first kappa shape index (κ1) is 18.3. The van der Waals surface area contributed by atoms with Crippen molar-refractivity contribution in [2.24, 2.45) is 5.73 Å². The molecule has 1 amide bonds. The highest BCUT2D eigenvalue weighted by molar-refractivity contribution is 7.18. The van der Waals surface area contributed by atoms with Gasteiger partial charge in [0.05, 0.1) is 27.2 Å². The second kappa shape index (κ2) is 6.84. The number of nitrogens with one attached hydrogen (secondary N) is 1. The Hall–Kier alpha value is -4.05. The van der Waals surface area contributed by atoms with Gasteiger partial charge in [0.15, 0.2) is 0 Å². The fraction of sp³-hybridized carbons (Fsp3) is 0. The maximum absolute atomic E-state index is 12.6. The Bertz CT molecular complexity index is 1340. The zero-order valence-electron chi connectivity index (χ0n) is 14.7. The number of carbonyl (C=O) groups excluding carboxylic acids is 1. The molecule has 0 atom stereocenters. The molecule has 0 saturated heterocycles. The third kappa shape index (κ3) is 3.21. The van der Waals surface area contributed by atoms with Crippen molar-refractivity contribution in [1.29, 1.82) is 0 Å². The standard InChI is InChI=1S/C19H13N5O4S/c20-14-13(17(26)24-11-5-10(16(21)25)6-22-15(11)14)18-23-7-12(29-18)8-1-3-9(4-2-8)19(27)28/h1-7H,(H2,21,25)(H,27,28)(H3,20,24,26). The molecule has 0 aliphatic heterocycles. The van der Waals surface area contributed by atoms with Crippen LogP contribution in [0.4, 0.5) is 5.69 Å². The van der Waals surface area contributed by atoms with Crippen LogP contribution in [-0.2, 0) is 0 Å². The molecular weight excluding hydrogens is 394 g/mol. The normalized spacial score (nSPS) is 10.9. The van der Waals surface area contributed by atoms with Gasteiger partial charge in [-0.15, -0.1) is 11.3 Å². The number of hydrogen-bond donors (Lipinski definition) is 4. The number of amides is 1. The number of anilines is 1. The highest BCUT2D eigenvalue weighted by Crippen LogP contribution is 2.34. The first-order valence-corrected chi connectivity index (χ1v) is 9.08. The number of fused-ring (bicyclic) bond motifs is 1. The summed E-state index contributed by atoms with van der Waals surface area (Å²) < 4.78 is 0. The first-order valence-electron chi connectivity index (χ1n) is 8.26. The molecule has 4 aromatic rings. The summed E-state index contributed by atoms with van der Waals surface area (Å²) in [6.07, 6.45) is 2.88. The minimum Gasteiger partial charge on any atom is -0.478 e. The van der Waals surface area contributed by atoms with E-state index in [-0.39, 0.29) is 22.4 Å². The van der Waals surface area contributed by atoms with Crippen LogP contribution in [0, 0.1) is 0 Å². The number of aromatic nitrogens is 3. The number of H-pyrrole nitrogens is 1. The Labute approximate surface area is 166 Å². The van der Waals surface area contributed by atoms with E-state index >= 15 is 0 Å². The van der Waals surface area contributed by atoms with Crippen molar-refractivity contribution in [1.82, 2.24) is 15.0 Å². The van der Waals surface area contributed by atoms with E-state index in [1.807, 2.05) is 0 Å². The van der Waals surface area contributed by atoms with Gasteiger partial charge in [0.2, 0.25) is 5.91 Å². The van der Waals surface area contributed by atoms with E-state index < -0.39 is 17.4 Å². The average molecular weight is 407 g/mol. The van der Waals surface area contributed by atoms with Crippen LogP contribution in [0.1, 0.15) is 20.7 Å². The van der Waals surface area contributed by atoms with E-state index in [0.717, 1.165) is 10.4 Å². The van der Waals surface area contributed by atoms with Crippen LogP contribution in [0.25, 0.3) is 32.0 Å². The molecule has 4 rings (SSSR count). The van der Waals surface area contributed by atoms with E-state index in [4.69, 9.17) is 16.6 Å². The van der Waals surface area contributed by atoms with Crippen LogP contribution in [0.3, 0.4) is 0 Å². The van der Waals surface area contributed by atoms with Crippen molar-refractivity contribution in [3.05, 3.63) is 64.2 Å². The number of nitrogen functional groups attached to an aromatic ring is 1. The lowest BCUT2D eigenvalue weighted by Crippen LogP contribution is -2.15. The van der Waals surface area contributed by atoms with Gasteiger partial charge >= 0.3 is 5.97 Å². The van der Waals surface area contributed by atoms with Gasteiger partial charge in [-0.05, 0) is 23.8 Å². The van der Waals surface area contributed by atoms with Gasteiger partial charge in [-0.25, -0.2) is 9.78 Å². The molecular formula is C19H13N5O4S. The van der Waals surface area contributed by atoms with Crippen molar-refractivity contribution in [3.63, 3.8) is 0 Å². The number of carboxylic acids is 1. The zero-order valence-corrected chi connectivity index (χ0v) is 15.5. The Morgan fingerprint density at radius 2 is 1.79 bits per heavy atom. The molecule has 0 saturated carbocycles. The van der Waals surface area contributed by atoms with Crippen LogP contribution in [-0.4, -0.2) is 31.9 Å². The molecule has 0 unspecified atom stereocenters. The largest absolute Gasteiger partial charge is 0.478 e. The van der Waals surface area contributed by atoms with Crippen molar-refractivity contribution in [2.45, 2.75) is 0 Å². The van der Waals surface area contributed by atoms with Crippen molar-refractivity contribution >= 4 is 39.9 Å². The molecule has 0 radical (unpaired) electrons. The lowest BCUT2D eigenvalue weighted by molar-refractivity contribution is 0.0696. The number of rotatable bonds is 4. The Kier molecular flexibility index (Phi) is 4.32. The second-order valence-electron chi connectivity index (χ2n) is 6.14. The Morgan fingerprint density at radius 1 is 1.07 bits per heavy atom. The number of nitrogens with two attached hydrogens (primary N) is 2. The third-order valence-electron chi connectivity index (χ3n) is 4.31. The van der Waals surface area contributed by atoms with Crippen LogP contribution in [0.5, 0.6) is 0 Å². The maximum atomic E-state index is 12.6. The highest BCUT2D eigenvalue weighted by Gasteiger charge is 2.18. The molecule has 0 spiro atoms. The number of pyridine rings is 2. The van der Waals surface area contributed by atoms with Crippen molar-refractivity contribution < 1.29 is 14.7 Å². The van der Waals surface area contributed by atoms with E-state index in [9.17, 15) is 14.4 Å². The van der Waals surface area contributed by atoms with Crippen LogP contribution in [0.15, 0.2) is 47.5 Å². The lowest BCUT2D eigenvalue weighted by atomic mass is 10.1. The fourth-order valence-electron chi connectivity index (χ4n) is 2.85. The molecule has 0 aliphatic carbocycles. The van der Waals surface area contributed by atoms with Crippen LogP contribution >= 0.6 is 11.3 Å². The quantitative estimate of drug-likeness (QED) is 0.402. The average Bonchev–Trinajstić information content (AvgIpc) is 3.17. The zero-order chi connectivity index (χ0) is 20.7. The van der Waals surface area contributed by atoms with Gasteiger partial charge < -0.3 is 21.6 Å². The van der Waals surface area contributed by atoms with Gasteiger partial charge in [-0.3, -0.25) is 14.6 Å². The van der Waals surface area contributed by atoms with Gasteiger partial charge in [0.25, 0.3) is 5.56 Å². The molecule has 0 fully saturated rings. The van der Waals surface area contributed by atoms with E-state index in [0.29, 0.717) is 16.0 Å². The summed E-state index contributed by atoms with van der Waals surface area (Å²) in [5, 5.41) is 9.39. The molecule has 144 valence electrons. The molecule has 0 aliphatic rings. The number of carboxylic acid groups (broad SMARTS) is 1. The van der Waals surface area contributed by atoms with E-state index in [1.54, 1.807) is 18.3 Å². The van der Waals surface area contributed by atoms with E-state index in [1.165, 1.54) is 35.7 Å². The summed E-state index contributed by atoms with van der Waals surface area (Å²) in [5.41, 5.74) is 13.0. The molecule has 29 heavy (non-hydrogen) atoms. The molecule has 3 heterocycles. The first-order chi connectivity index (χ1) is 13.8. The van der Waals surface area contributed by atoms with E-state index in [2.05, 4.69) is 15.0 Å². The number of aromatic amines is 1. The third-order valence-corrected chi connectivity index (χ3v) is 5.37. The number of benzene rings is 1. The van der Waals surface area contributed by atoms with Crippen LogP contribution < -0.4 is 17.0 Å². The number of primary amides is 1. The topological polar surface area (TPSA) is 165 Å². The highest BCUT2D eigenvalue weighted by atomic mass is 32.1. The maximum Gasteiger partial charge on any atom is 0.335 e. The lowest BCUT2D eigenvalue weighted by Gasteiger charge is -2.06. The summed E-state index contributed by atoms with van der Waals surface area (Å²) in [5.74, 6) is -1.68. The summed E-state index contributed by atoms with van der Waals surface area (Å²) in [4.78, 5) is 46.8.